The first-order valence-electron chi connectivity index (χ1n) is 6.81. The van der Waals surface area contributed by atoms with E-state index in [-0.39, 0.29) is 17.7 Å². The van der Waals surface area contributed by atoms with Crippen molar-refractivity contribution in [2.45, 2.75) is 19.5 Å². The van der Waals surface area contributed by atoms with Crippen molar-refractivity contribution < 1.29 is 14.6 Å². The van der Waals surface area contributed by atoms with Gasteiger partial charge in [0.15, 0.2) is 11.5 Å². The molecule has 6 heteroatoms. The number of rotatable bonds is 5. The van der Waals surface area contributed by atoms with Crippen molar-refractivity contribution in [3.8, 4) is 11.5 Å². The van der Waals surface area contributed by atoms with Crippen LogP contribution in [0.15, 0.2) is 18.2 Å². The SMILES string of the molecule is CCOc1cccc(CN2CCNCC2C(N)=O)c1O. The summed E-state index contributed by atoms with van der Waals surface area (Å²) in [7, 11) is 0. The zero-order valence-corrected chi connectivity index (χ0v) is 11.6. The van der Waals surface area contributed by atoms with E-state index < -0.39 is 0 Å². The van der Waals surface area contributed by atoms with Gasteiger partial charge in [0.1, 0.15) is 6.04 Å². The molecule has 0 saturated carbocycles. The molecule has 1 amide bonds. The van der Waals surface area contributed by atoms with E-state index in [0.29, 0.717) is 32.0 Å². The van der Waals surface area contributed by atoms with Gasteiger partial charge in [-0.3, -0.25) is 9.69 Å². The van der Waals surface area contributed by atoms with Gasteiger partial charge in [-0.2, -0.15) is 0 Å². The largest absolute Gasteiger partial charge is 0.504 e. The summed E-state index contributed by atoms with van der Waals surface area (Å²) in [4.78, 5) is 13.4. The zero-order valence-electron chi connectivity index (χ0n) is 11.6. The highest BCUT2D eigenvalue weighted by molar-refractivity contribution is 5.80. The van der Waals surface area contributed by atoms with Gasteiger partial charge in [0.25, 0.3) is 0 Å². The molecule has 1 aliphatic heterocycles. The van der Waals surface area contributed by atoms with Gasteiger partial charge in [0, 0.05) is 31.7 Å². The number of benzene rings is 1. The van der Waals surface area contributed by atoms with Crippen LogP contribution in [0, 0.1) is 0 Å². The van der Waals surface area contributed by atoms with Gasteiger partial charge in [-0.15, -0.1) is 0 Å². The van der Waals surface area contributed by atoms with Gasteiger partial charge in [-0.25, -0.2) is 0 Å². The van der Waals surface area contributed by atoms with Crippen molar-refractivity contribution in [2.75, 3.05) is 26.2 Å². The highest BCUT2D eigenvalue weighted by atomic mass is 16.5. The van der Waals surface area contributed by atoms with Crippen molar-refractivity contribution in [1.29, 1.82) is 0 Å². The Kier molecular flexibility index (Phi) is 4.81. The first-order valence-corrected chi connectivity index (χ1v) is 6.81. The molecule has 1 fully saturated rings. The topological polar surface area (TPSA) is 87.8 Å². The summed E-state index contributed by atoms with van der Waals surface area (Å²) in [5, 5.41) is 13.3. The molecule has 6 nitrogen and oxygen atoms in total. The second-order valence-corrected chi connectivity index (χ2v) is 4.79. The number of piperazine rings is 1. The molecule has 0 radical (unpaired) electrons. The second-order valence-electron chi connectivity index (χ2n) is 4.79. The predicted molar refractivity (Wildman–Crippen MR) is 75.5 cm³/mol. The molecule has 0 spiro atoms. The molecule has 20 heavy (non-hydrogen) atoms. The number of hydrogen-bond donors (Lipinski definition) is 3. The molecule has 1 atom stereocenters. The van der Waals surface area contributed by atoms with Crippen LogP contribution < -0.4 is 15.8 Å². The number of amides is 1. The average molecular weight is 279 g/mol. The van der Waals surface area contributed by atoms with E-state index in [0.717, 1.165) is 12.1 Å². The number of nitrogens with two attached hydrogens (primary N) is 1. The average Bonchev–Trinajstić information content (AvgIpc) is 2.44. The zero-order chi connectivity index (χ0) is 14.5. The summed E-state index contributed by atoms with van der Waals surface area (Å²) in [5.74, 6) is 0.254. The third-order valence-electron chi connectivity index (χ3n) is 3.44. The van der Waals surface area contributed by atoms with Crippen molar-refractivity contribution in [3.05, 3.63) is 23.8 Å². The molecular weight excluding hydrogens is 258 g/mol. The molecule has 1 saturated heterocycles. The summed E-state index contributed by atoms with van der Waals surface area (Å²) in [5.41, 5.74) is 6.16. The Morgan fingerprint density at radius 1 is 1.60 bits per heavy atom. The molecular formula is C14H21N3O3. The smallest absolute Gasteiger partial charge is 0.236 e. The predicted octanol–water partition coefficient (Wildman–Crippen LogP) is 0.0500. The van der Waals surface area contributed by atoms with Crippen LogP contribution in [-0.2, 0) is 11.3 Å². The highest BCUT2D eigenvalue weighted by Crippen LogP contribution is 2.31. The number of ether oxygens (including phenoxy) is 1. The second kappa shape index (κ2) is 6.58. The van der Waals surface area contributed by atoms with Crippen LogP contribution in [0.4, 0.5) is 0 Å². The van der Waals surface area contributed by atoms with E-state index in [1.54, 1.807) is 6.07 Å². The molecule has 1 unspecified atom stereocenters. The van der Waals surface area contributed by atoms with Crippen LogP contribution in [0.25, 0.3) is 0 Å². The summed E-state index contributed by atoms with van der Waals surface area (Å²) in [6, 6.07) is 5.05. The van der Waals surface area contributed by atoms with Crippen LogP contribution in [0.1, 0.15) is 12.5 Å². The third-order valence-corrected chi connectivity index (χ3v) is 3.44. The molecule has 110 valence electrons. The monoisotopic (exact) mass is 279 g/mol. The first-order chi connectivity index (χ1) is 9.63. The molecule has 0 aliphatic carbocycles. The maximum absolute atomic E-state index is 11.5. The number of primary amides is 1. The van der Waals surface area contributed by atoms with Crippen molar-refractivity contribution in [1.82, 2.24) is 10.2 Å². The Morgan fingerprint density at radius 2 is 2.40 bits per heavy atom. The first kappa shape index (κ1) is 14.6. The Labute approximate surface area is 118 Å². The number of aromatic hydroxyl groups is 1. The minimum atomic E-state index is -0.349. The van der Waals surface area contributed by atoms with Gasteiger partial charge in [0.2, 0.25) is 5.91 Å². The van der Waals surface area contributed by atoms with Gasteiger partial charge < -0.3 is 20.9 Å². The van der Waals surface area contributed by atoms with Crippen LogP contribution >= 0.6 is 0 Å². The Balaban J connectivity index is 2.16. The minimum absolute atomic E-state index is 0.135. The molecule has 1 aromatic rings. The van der Waals surface area contributed by atoms with E-state index in [1.807, 2.05) is 24.0 Å². The lowest BCUT2D eigenvalue weighted by Gasteiger charge is -2.34. The van der Waals surface area contributed by atoms with E-state index in [9.17, 15) is 9.90 Å². The van der Waals surface area contributed by atoms with Gasteiger partial charge in [-0.1, -0.05) is 12.1 Å². The molecule has 0 bridgehead atoms. The van der Waals surface area contributed by atoms with Crippen LogP contribution in [-0.4, -0.2) is 48.2 Å². The summed E-state index contributed by atoms with van der Waals surface area (Å²) in [6.07, 6.45) is 0. The number of para-hydroxylation sites is 1. The standard InChI is InChI=1S/C14H21N3O3/c1-2-20-12-5-3-4-10(13(12)18)9-17-7-6-16-8-11(17)14(15)19/h3-5,11,16,18H,2,6-9H2,1H3,(H2,15,19). The number of phenolic OH excluding ortho intramolecular Hbond substituents is 1. The lowest BCUT2D eigenvalue weighted by atomic mass is 10.1. The number of nitrogens with zero attached hydrogens (tertiary/aromatic N) is 1. The fourth-order valence-electron chi connectivity index (χ4n) is 2.40. The lowest BCUT2D eigenvalue weighted by Crippen LogP contribution is -2.56. The minimum Gasteiger partial charge on any atom is -0.504 e. The Bertz CT molecular complexity index is 479. The van der Waals surface area contributed by atoms with Crippen molar-refractivity contribution in [3.63, 3.8) is 0 Å². The van der Waals surface area contributed by atoms with Crippen LogP contribution in [0.3, 0.4) is 0 Å². The van der Waals surface area contributed by atoms with Crippen molar-refractivity contribution in [2.24, 2.45) is 5.73 Å². The molecule has 4 N–H and O–H groups in total. The normalized spacial score (nSPS) is 19.8. The molecule has 1 aromatic carbocycles. The number of nitrogens with one attached hydrogen (secondary N) is 1. The quantitative estimate of drug-likeness (QED) is 0.709. The molecule has 1 aliphatic rings. The van der Waals surface area contributed by atoms with Crippen molar-refractivity contribution >= 4 is 5.91 Å². The maximum Gasteiger partial charge on any atom is 0.236 e. The van der Waals surface area contributed by atoms with Gasteiger partial charge >= 0.3 is 0 Å². The van der Waals surface area contributed by atoms with Gasteiger partial charge in [0.05, 0.1) is 6.61 Å². The van der Waals surface area contributed by atoms with Crippen LogP contribution in [0.2, 0.25) is 0 Å². The Morgan fingerprint density at radius 3 is 3.10 bits per heavy atom. The summed E-state index contributed by atoms with van der Waals surface area (Å²) >= 11 is 0. The molecule has 2 rings (SSSR count). The molecule has 1 heterocycles. The van der Waals surface area contributed by atoms with Gasteiger partial charge in [-0.05, 0) is 13.0 Å². The fraction of sp³-hybridized carbons (Fsp3) is 0.500. The number of carbonyl (C=O) groups is 1. The van der Waals surface area contributed by atoms with Crippen LogP contribution in [0.5, 0.6) is 11.5 Å². The van der Waals surface area contributed by atoms with E-state index >= 15 is 0 Å². The highest BCUT2D eigenvalue weighted by Gasteiger charge is 2.27. The summed E-state index contributed by atoms with van der Waals surface area (Å²) in [6.45, 7) is 4.89. The van der Waals surface area contributed by atoms with E-state index in [1.165, 1.54) is 0 Å². The lowest BCUT2D eigenvalue weighted by molar-refractivity contribution is -0.124. The fourth-order valence-corrected chi connectivity index (χ4v) is 2.40. The van der Waals surface area contributed by atoms with E-state index in [4.69, 9.17) is 10.5 Å². The maximum atomic E-state index is 11.5. The molecule has 0 aromatic heterocycles. The number of hydrogen-bond acceptors (Lipinski definition) is 5. The summed E-state index contributed by atoms with van der Waals surface area (Å²) < 4.78 is 5.37. The Hall–Kier alpha value is -1.79. The third kappa shape index (κ3) is 3.20. The number of phenols is 1. The van der Waals surface area contributed by atoms with E-state index in [2.05, 4.69) is 5.32 Å². The number of carbonyl (C=O) groups excluding carboxylic acids is 1.